The first kappa shape index (κ1) is 20.5. The minimum Gasteiger partial charge on any atom is -0.477 e. The Hall–Kier alpha value is -1.82. The summed E-state index contributed by atoms with van der Waals surface area (Å²) in [5.74, 6) is 5.19. The van der Waals surface area contributed by atoms with Crippen molar-refractivity contribution in [1.82, 2.24) is 0 Å². The summed E-state index contributed by atoms with van der Waals surface area (Å²) in [5, 5.41) is 10.4. The third kappa shape index (κ3) is 5.10. The van der Waals surface area contributed by atoms with Crippen LogP contribution < -0.4 is 5.30 Å². The molecule has 0 aliphatic heterocycles. The van der Waals surface area contributed by atoms with E-state index in [1.807, 2.05) is 52.8 Å². The van der Waals surface area contributed by atoms with Crippen LogP contribution in [0.3, 0.4) is 0 Å². The monoisotopic (exact) mass is 388 g/mol. The summed E-state index contributed by atoms with van der Waals surface area (Å²) in [6, 6.07) is 7.65. The van der Waals surface area contributed by atoms with Crippen molar-refractivity contribution >= 4 is 29.8 Å². The molecule has 1 aromatic heterocycles. The number of hydrogen-bond acceptors (Lipinski definition) is 3. The van der Waals surface area contributed by atoms with E-state index in [0.717, 1.165) is 27.8 Å². The SMILES string of the molecule is Cc1ccc(P(C)(=O)Cc2cc(C#CC(C)(C)C)sc2C(=O)O)c(C)c1. The molecule has 3 nitrogen and oxygen atoms in total. The summed E-state index contributed by atoms with van der Waals surface area (Å²) in [7, 11) is -2.73. The maximum absolute atomic E-state index is 13.4. The quantitative estimate of drug-likeness (QED) is 0.573. The minimum atomic E-state index is -2.73. The normalized spacial score (nSPS) is 13.6. The Kier molecular flexibility index (Phi) is 5.85. The molecular formula is C21H25O3PS. The van der Waals surface area contributed by atoms with E-state index in [1.54, 1.807) is 12.7 Å². The summed E-state index contributed by atoms with van der Waals surface area (Å²) < 4.78 is 13.4. The third-order valence-corrected chi connectivity index (χ3v) is 7.44. The fourth-order valence-electron chi connectivity index (χ4n) is 2.78. The second-order valence-corrected chi connectivity index (χ2v) is 11.9. The van der Waals surface area contributed by atoms with Crippen LogP contribution in [-0.2, 0) is 10.7 Å². The van der Waals surface area contributed by atoms with E-state index in [4.69, 9.17) is 0 Å². The molecule has 0 saturated heterocycles. The van der Waals surface area contributed by atoms with Crippen LogP contribution in [0, 0.1) is 31.1 Å². The van der Waals surface area contributed by atoms with E-state index < -0.39 is 13.1 Å². The van der Waals surface area contributed by atoms with Crippen LogP contribution in [0.1, 0.15) is 52.0 Å². The highest BCUT2D eigenvalue weighted by molar-refractivity contribution is 7.70. The molecule has 0 saturated carbocycles. The van der Waals surface area contributed by atoms with Gasteiger partial charge in [0.1, 0.15) is 12.0 Å². The number of benzene rings is 1. The van der Waals surface area contributed by atoms with Crippen molar-refractivity contribution in [2.75, 3.05) is 6.66 Å². The molecule has 1 unspecified atom stereocenters. The summed E-state index contributed by atoms with van der Waals surface area (Å²) >= 11 is 1.16. The van der Waals surface area contributed by atoms with Gasteiger partial charge in [0.05, 0.1) is 4.88 Å². The Bertz CT molecular complexity index is 952. The van der Waals surface area contributed by atoms with Gasteiger partial charge >= 0.3 is 5.97 Å². The second-order valence-electron chi connectivity index (χ2n) is 7.82. The molecule has 0 aliphatic carbocycles. The van der Waals surface area contributed by atoms with Crippen molar-refractivity contribution < 1.29 is 14.5 Å². The van der Waals surface area contributed by atoms with Crippen LogP contribution in [0.4, 0.5) is 0 Å². The molecule has 1 heterocycles. The number of aryl methyl sites for hydroxylation is 2. The van der Waals surface area contributed by atoms with Gasteiger partial charge in [-0.15, -0.1) is 11.3 Å². The van der Waals surface area contributed by atoms with E-state index in [-0.39, 0.29) is 16.5 Å². The van der Waals surface area contributed by atoms with Gasteiger partial charge in [-0.3, -0.25) is 0 Å². The van der Waals surface area contributed by atoms with Gasteiger partial charge in [0.25, 0.3) is 0 Å². The molecule has 138 valence electrons. The Labute approximate surface area is 159 Å². The van der Waals surface area contributed by atoms with Gasteiger partial charge in [0.15, 0.2) is 0 Å². The molecule has 26 heavy (non-hydrogen) atoms. The van der Waals surface area contributed by atoms with Gasteiger partial charge in [0, 0.05) is 16.9 Å². The van der Waals surface area contributed by atoms with Gasteiger partial charge < -0.3 is 9.67 Å². The average Bonchev–Trinajstić information content (AvgIpc) is 2.86. The lowest BCUT2D eigenvalue weighted by molar-refractivity contribution is 0.0701. The first-order valence-electron chi connectivity index (χ1n) is 8.42. The number of carboxylic acid groups (broad SMARTS) is 1. The zero-order valence-electron chi connectivity index (χ0n) is 16.1. The number of rotatable bonds is 4. The van der Waals surface area contributed by atoms with E-state index in [1.165, 1.54) is 0 Å². The van der Waals surface area contributed by atoms with Gasteiger partial charge in [-0.1, -0.05) is 35.6 Å². The number of thiophene rings is 1. The lowest BCUT2D eigenvalue weighted by Crippen LogP contribution is -2.11. The highest BCUT2D eigenvalue weighted by Crippen LogP contribution is 2.46. The molecule has 0 spiro atoms. The molecule has 0 radical (unpaired) electrons. The topological polar surface area (TPSA) is 54.4 Å². The number of carbonyl (C=O) groups is 1. The van der Waals surface area contributed by atoms with Crippen LogP contribution in [0.15, 0.2) is 24.3 Å². The molecule has 0 bridgehead atoms. The molecule has 1 atom stereocenters. The summed E-state index contributed by atoms with van der Waals surface area (Å²) in [5.41, 5.74) is 2.54. The molecule has 2 aromatic rings. The van der Waals surface area contributed by atoms with Crippen LogP contribution in [0.5, 0.6) is 0 Å². The Balaban J connectivity index is 2.44. The molecule has 1 aromatic carbocycles. The summed E-state index contributed by atoms with van der Waals surface area (Å²) in [4.78, 5) is 12.6. The summed E-state index contributed by atoms with van der Waals surface area (Å²) in [6.07, 6.45) is 0.228. The Morgan fingerprint density at radius 2 is 1.88 bits per heavy atom. The van der Waals surface area contributed by atoms with Gasteiger partial charge in [-0.2, -0.15) is 0 Å². The average molecular weight is 388 g/mol. The predicted molar refractivity (Wildman–Crippen MR) is 110 cm³/mol. The highest BCUT2D eigenvalue weighted by Gasteiger charge is 2.25. The highest BCUT2D eigenvalue weighted by atomic mass is 32.1. The molecule has 5 heteroatoms. The molecule has 1 N–H and O–H groups in total. The van der Waals surface area contributed by atoms with Crippen molar-refractivity contribution in [3.8, 4) is 11.8 Å². The van der Waals surface area contributed by atoms with Crippen LogP contribution in [-0.4, -0.2) is 17.7 Å². The minimum absolute atomic E-state index is 0.160. The van der Waals surface area contributed by atoms with E-state index >= 15 is 0 Å². The van der Waals surface area contributed by atoms with Crippen LogP contribution >= 0.6 is 18.5 Å². The van der Waals surface area contributed by atoms with E-state index in [9.17, 15) is 14.5 Å². The van der Waals surface area contributed by atoms with Gasteiger partial charge in [-0.05, 0) is 58.5 Å². The molecule has 0 fully saturated rings. The fraction of sp³-hybridized carbons (Fsp3) is 0.381. The van der Waals surface area contributed by atoms with Crippen molar-refractivity contribution in [2.45, 2.75) is 40.8 Å². The van der Waals surface area contributed by atoms with Gasteiger partial charge in [0.2, 0.25) is 0 Å². The number of hydrogen-bond donors (Lipinski definition) is 1. The molecule has 0 amide bonds. The summed E-state index contributed by atoms with van der Waals surface area (Å²) in [6.45, 7) is 11.7. The van der Waals surface area contributed by atoms with Crippen molar-refractivity contribution in [2.24, 2.45) is 5.41 Å². The predicted octanol–water partition coefficient (Wildman–Crippen LogP) is 5.28. The third-order valence-electron chi connectivity index (χ3n) is 3.90. The standard InChI is InChI=1S/C21H25O3PS/c1-14-7-8-18(15(2)11-14)25(6,24)13-16-12-17(9-10-21(3,4)5)26-19(16)20(22)23/h7-8,11-12H,13H2,1-6H3,(H,22,23). The molecule has 2 rings (SSSR count). The van der Waals surface area contributed by atoms with Gasteiger partial charge in [-0.25, -0.2) is 4.79 Å². The van der Waals surface area contributed by atoms with Crippen molar-refractivity contribution in [3.05, 3.63) is 50.7 Å². The number of aromatic carboxylic acids is 1. The second kappa shape index (κ2) is 7.43. The smallest absolute Gasteiger partial charge is 0.346 e. The van der Waals surface area contributed by atoms with Crippen molar-refractivity contribution in [1.29, 1.82) is 0 Å². The van der Waals surface area contributed by atoms with E-state index in [2.05, 4.69) is 11.8 Å². The first-order valence-corrected chi connectivity index (χ1v) is 11.6. The Morgan fingerprint density at radius 3 is 2.42 bits per heavy atom. The van der Waals surface area contributed by atoms with Crippen LogP contribution in [0.25, 0.3) is 0 Å². The molecular weight excluding hydrogens is 363 g/mol. The van der Waals surface area contributed by atoms with Crippen molar-refractivity contribution in [3.63, 3.8) is 0 Å². The first-order chi connectivity index (χ1) is 11.9. The largest absolute Gasteiger partial charge is 0.477 e. The molecule has 0 aliphatic rings. The maximum Gasteiger partial charge on any atom is 0.346 e. The Morgan fingerprint density at radius 1 is 1.23 bits per heavy atom. The van der Waals surface area contributed by atoms with Crippen LogP contribution in [0.2, 0.25) is 0 Å². The lowest BCUT2D eigenvalue weighted by atomic mass is 9.98. The zero-order valence-corrected chi connectivity index (χ0v) is 17.8. The number of carboxylic acids is 1. The fourth-order valence-corrected chi connectivity index (χ4v) is 6.03. The zero-order chi connectivity index (χ0) is 19.7. The van der Waals surface area contributed by atoms with E-state index in [0.29, 0.717) is 10.4 Å². The lowest BCUT2D eigenvalue weighted by Gasteiger charge is -2.16. The maximum atomic E-state index is 13.4.